The number of ketones is 1. The molecule has 0 atom stereocenters. The van der Waals surface area contributed by atoms with E-state index in [0.717, 1.165) is 10.7 Å². The van der Waals surface area contributed by atoms with E-state index in [4.69, 9.17) is 9.47 Å². The maximum Gasteiger partial charge on any atom is 0.179 e. The summed E-state index contributed by atoms with van der Waals surface area (Å²) in [6, 6.07) is 0. The molecule has 1 aromatic rings. The van der Waals surface area contributed by atoms with Crippen molar-refractivity contribution >= 4 is 17.1 Å². The largest absolute Gasteiger partial charge is 0.352 e. The maximum atomic E-state index is 12.0. The monoisotopic (exact) mass is 257 g/mol. The second kappa shape index (κ2) is 6.83. The summed E-state index contributed by atoms with van der Waals surface area (Å²) in [4.78, 5) is 17.0. The van der Waals surface area contributed by atoms with Crippen LogP contribution in [0.4, 0.5) is 0 Å². The summed E-state index contributed by atoms with van der Waals surface area (Å²) in [6.45, 7) is 8.61. The van der Waals surface area contributed by atoms with Gasteiger partial charge in [-0.1, -0.05) is 0 Å². The molecule has 0 saturated heterocycles. The molecule has 0 aliphatic rings. The van der Waals surface area contributed by atoms with Gasteiger partial charge in [0.2, 0.25) is 0 Å². The highest BCUT2D eigenvalue weighted by Gasteiger charge is 2.19. The van der Waals surface area contributed by atoms with E-state index in [0.29, 0.717) is 18.1 Å². The van der Waals surface area contributed by atoms with Gasteiger partial charge in [0.25, 0.3) is 0 Å². The molecule has 1 aromatic heterocycles. The zero-order chi connectivity index (χ0) is 12.8. The van der Waals surface area contributed by atoms with Gasteiger partial charge in [-0.2, -0.15) is 0 Å². The van der Waals surface area contributed by atoms with Crippen molar-refractivity contribution in [3.63, 3.8) is 0 Å². The number of hydrogen-bond donors (Lipinski definition) is 0. The molecule has 96 valence electrons. The lowest BCUT2D eigenvalue weighted by Crippen LogP contribution is -2.21. The second-order valence-electron chi connectivity index (χ2n) is 3.61. The van der Waals surface area contributed by atoms with Crippen molar-refractivity contribution in [3.05, 3.63) is 15.6 Å². The number of nitrogens with zero attached hydrogens (tertiary/aromatic N) is 1. The maximum absolute atomic E-state index is 12.0. The van der Waals surface area contributed by atoms with Crippen molar-refractivity contribution in [2.75, 3.05) is 13.2 Å². The molecule has 17 heavy (non-hydrogen) atoms. The van der Waals surface area contributed by atoms with Crippen molar-refractivity contribution in [3.8, 4) is 0 Å². The third kappa shape index (κ3) is 4.18. The van der Waals surface area contributed by atoms with Crippen LogP contribution in [0.1, 0.15) is 40.6 Å². The van der Waals surface area contributed by atoms with E-state index in [1.807, 2.05) is 27.7 Å². The van der Waals surface area contributed by atoms with Gasteiger partial charge >= 0.3 is 0 Å². The molecule has 0 N–H and O–H groups in total. The van der Waals surface area contributed by atoms with Crippen molar-refractivity contribution in [2.24, 2.45) is 0 Å². The van der Waals surface area contributed by atoms with Crippen LogP contribution in [0.25, 0.3) is 0 Å². The van der Waals surface area contributed by atoms with Gasteiger partial charge in [-0.05, 0) is 27.7 Å². The molecule has 0 radical (unpaired) electrons. The fourth-order valence-corrected chi connectivity index (χ4v) is 2.44. The fourth-order valence-electron chi connectivity index (χ4n) is 1.57. The zero-order valence-electron chi connectivity index (χ0n) is 10.8. The quantitative estimate of drug-likeness (QED) is 0.556. The summed E-state index contributed by atoms with van der Waals surface area (Å²) in [7, 11) is 0. The molecule has 0 amide bonds. The standard InChI is InChI=1S/C12H19NO3S/c1-5-15-11(16-6-2)7-10(14)12-8(3)13-9(4)17-12/h11H,5-7H2,1-4H3. The highest BCUT2D eigenvalue weighted by Crippen LogP contribution is 2.20. The summed E-state index contributed by atoms with van der Waals surface area (Å²) in [6.07, 6.45) is -0.191. The van der Waals surface area contributed by atoms with Crippen LogP contribution in [0, 0.1) is 13.8 Å². The van der Waals surface area contributed by atoms with Crippen molar-refractivity contribution in [1.82, 2.24) is 4.98 Å². The van der Waals surface area contributed by atoms with Crippen LogP contribution in [0.15, 0.2) is 0 Å². The Hall–Kier alpha value is -0.780. The third-order valence-corrected chi connectivity index (χ3v) is 3.33. The summed E-state index contributed by atoms with van der Waals surface area (Å²) in [5.41, 5.74) is 0.796. The molecular formula is C12H19NO3S. The molecule has 0 bridgehead atoms. The molecule has 0 fully saturated rings. The highest BCUT2D eigenvalue weighted by molar-refractivity contribution is 7.13. The Morgan fingerprint density at radius 1 is 1.29 bits per heavy atom. The van der Waals surface area contributed by atoms with Gasteiger partial charge in [0, 0.05) is 13.2 Å². The van der Waals surface area contributed by atoms with E-state index in [9.17, 15) is 4.79 Å². The minimum atomic E-state index is -0.445. The van der Waals surface area contributed by atoms with Crippen LogP contribution in [-0.2, 0) is 9.47 Å². The first-order valence-corrected chi connectivity index (χ1v) is 6.60. The van der Waals surface area contributed by atoms with E-state index in [1.165, 1.54) is 11.3 Å². The predicted molar refractivity (Wildman–Crippen MR) is 67.6 cm³/mol. The highest BCUT2D eigenvalue weighted by atomic mass is 32.1. The van der Waals surface area contributed by atoms with Crippen LogP contribution in [0.5, 0.6) is 0 Å². The molecule has 4 nitrogen and oxygen atoms in total. The van der Waals surface area contributed by atoms with Gasteiger partial charge in [0.1, 0.15) is 0 Å². The Labute approximate surface area is 106 Å². The van der Waals surface area contributed by atoms with Crippen molar-refractivity contribution < 1.29 is 14.3 Å². The Bertz CT molecular complexity index is 370. The zero-order valence-corrected chi connectivity index (χ0v) is 11.6. The molecule has 0 aromatic carbocycles. The van der Waals surface area contributed by atoms with E-state index in [1.54, 1.807) is 0 Å². The van der Waals surface area contributed by atoms with Gasteiger partial charge in [-0.15, -0.1) is 11.3 Å². The summed E-state index contributed by atoms with van der Waals surface area (Å²) in [5.74, 6) is 0.0417. The van der Waals surface area contributed by atoms with E-state index in [-0.39, 0.29) is 12.2 Å². The number of carbonyl (C=O) groups is 1. The van der Waals surface area contributed by atoms with Crippen LogP contribution in [0.2, 0.25) is 0 Å². The molecule has 1 rings (SSSR count). The molecular weight excluding hydrogens is 238 g/mol. The average Bonchev–Trinajstić information content (AvgIpc) is 2.58. The lowest BCUT2D eigenvalue weighted by molar-refractivity contribution is -0.133. The summed E-state index contributed by atoms with van der Waals surface area (Å²) in [5, 5.41) is 0.912. The predicted octanol–water partition coefficient (Wildman–Crippen LogP) is 2.73. The Morgan fingerprint density at radius 3 is 2.29 bits per heavy atom. The smallest absolute Gasteiger partial charge is 0.179 e. The molecule has 0 spiro atoms. The summed E-state index contributed by atoms with van der Waals surface area (Å²) >= 11 is 1.43. The number of rotatable bonds is 7. The van der Waals surface area contributed by atoms with Crippen LogP contribution < -0.4 is 0 Å². The molecule has 1 heterocycles. The number of aromatic nitrogens is 1. The number of aryl methyl sites for hydroxylation is 2. The topological polar surface area (TPSA) is 48.4 Å². The van der Waals surface area contributed by atoms with Gasteiger partial charge in [-0.3, -0.25) is 4.79 Å². The normalized spacial score (nSPS) is 11.1. The van der Waals surface area contributed by atoms with Gasteiger partial charge < -0.3 is 9.47 Å². The van der Waals surface area contributed by atoms with E-state index >= 15 is 0 Å². The van der Waals surface area contributed by atoms with Crippen LogP contribution >= 0.6 is 11.3 Å². The molecule has 0 saturated carbocycles. The van der Waals surface area contributed by atoms with Crippen molar-refractivity contribution in [2.45, 2.75) is 40.4 Å². The Kier molecular flexibility index (Phi) is 5.74. The average molecular weight is 257 g/mol. The van der Waals surface area contributed by atoms with Gasteiger partial charge in [0.15, 0.2) is 12.1 Å². The molecule has 0 unspecified atom stereocenters. The number of thiazole rings is 1. The van der Waals surface area contributed by atoms with Gasteiger partial charge in [0.05, 0.1) is 22.0 Å². The molecule has 0 aliphatic heterocycles. The van der Waals surface area contributed by atoms with E-state index in [2.05, 4.69) is 4.98 Å². The first-order chi connectivity index (χ1) is 8.08. The third-order valence-electron chi connectivity index (χ3n) is 2.21. The number of Topliss-reactive ketones (excluding diaryl/α,β-unsaturated/α-hetero) is 1. The number of hydrogen-bond acceptors (Lipinski definition) is 5. The minimum absolute atomic E-state index is 0.0417. The first kappa shape index (κ1) is 14.3. The first-order valence-electron chi connectivity index (χ1n) is 5.78. The molecule has 0 aliphatic carbocycles. The SMILES string of the molecule is CCOC(CC(=O)c1sc(C)nc1C)OCC. The van der Waals surface area contributed by atoms with Crippen LogP contribution in [0.3, 0.4) is 0 Å². The number of carbonyl (C=O) groups excluding carboxylic acids is 1. The lowest BCUT2D eigenvalue weighted by atomic mass is 10.2. The minimum Gasteiger partial charge on any atom is -0.352 e. The van der Waals surface area contributed by atoms with Crippen LogP contribution in [-0.4, -0.2) is 30.3 Å². The Morgan fingerprint density at radius 2 is 1.88 bits per heavy atom. The second-order valence-corrected chi connectivity index (χ2v) is 4.82. The van der Waals surface area contributed by atoms with E-state index < -0.39 is 6.29 Å². The van der Waals surface area contributed by atoms with Crippen molar-refractivity contribution in [1.29, 1.82) is 0 Å². The Balaban J connectivity index is 2.66. The summed E-state index contributed by atoms with van der Waals surface area (Å²) < 4.78 is 10.7. The number of ether oxygens (including phenoxy) is 2. The fraction of sp³-hybridized carbons (Fsp3) is 0.667. The van der Waals surface area contributed by atoms with Gasteiger partial charge in [-0.25, -0.2) is 4.98 Å². The lowest BCUT2D eigenvalue weighted by Gasteiger charge is -2.15. The molecule has 5 heteroatoms.